The van der Waals surface area contributed by atoms with E-state index in [0.29, 0.717) is 13.0 Å². The van der Waals surface area contributed by atoms with Crippen molar-refractivity contribution >= 4 is 16.2 Å². The summed E-state index contributed by atoms with van der Waals surface area (Å²) in [6.45, 7) is 11.4. The average Bonchev–Trinajstić information content (AvgIpc) is 2.45. The molecular formula is C18H29NO5S. The van der Waals surface area contributed by atoms with E-state index in [1.54, 1.807) is 37.8 Å². The number of nitrogens with zero attached hydrogens (tertiary/aromatic N) is 1. The van der Waals surface area contributed by atoms with Crippen molar-refractivity contribution in [2.75, 3.05) is 13.2 Å². The number of carbonyl (C=O) groups excluding carboxylic acids is 1. The second kappa shape index (κ2) is 8.67. The van der Waals surface area contributed by atoms with Gasteiger partial charge in [0.25, 0.3) is 10.1 Å². The van der Waals surface area contributed by atoms with Gasteiger partial charge in [0.1, 0.15) is 5.60 Å². The zero-order valence-electron chi connectivity index (χ0n) is 15.9. The summed E-state index contributed by atoms with van der Waals surface area (Å²) in [5, 5.41) is 0. The maximum atomic E-state index is 12.2. The molecule has 7 heteroatoms. The fraction of sp³-hybridized carbons (Fsp3) is 0.611. The molecule has 0 heterocycles. The molecule has 0 N–H and O–H groups in total. The smallest absolute Gasteiger partial charge is 0.410 e. The van der Waals surface area contributed by atoms with Crippen LogP contribution in [-0.2, 0) is 19.0 Å². The second-order valence-electron chi connectivity index (χ2n) is 7.21. The van der Waals surface area contributed by atoms with E-state index < -0.39 is 21.8 Å². The number of aryl methyl sites for hydroxylation is 1. The molecular weight excluding hydrogens is 342 g/mol. The minimum Gasteiger partial charge on any atom is -0.444 e. The van der Waals surface area contributed by atoms with Crippen molar-refractivity contribution < 1.29 is 22.1 Å². The number of hydrogen-bond acceptors (Lipinski definition) is 5. The van der Waals surface area contributed by atoms with Crippen molar-refractivity contribution in [2.45, 2.75) is 64.5 Å². The Hall–Kier alpha value is -1.60. The van der Waals surface area contributed by atoms with Crippen molar-refractivity contribution in [3.8, 4) is 0 Å². The number of rotatable bonds is 7. The molecule has 1 rings (SSSR count). The van der Waals surface area contributed by atoms with E-state index in [4.69, 9.17) is 8.92 Å². The highest BCUT2D eigenvalue weighted by molar-refractivity contribution is 7.86. The molecule has 1 aromatic rings. The van der Waals surface area contributed by atoms with Gasteiger partial charge in [-0.3, -0.25) is 4.18 Å². The molecule has 0 aliphatic carbocycles. The first-order valence-corrected chi connectivity index (χ1v) is 9.79. The van der Waals surface area contributed by atoms with Gasteiger partial charge in [-0.2, -0.15) is 8.42 Å². The third kappa shape index (κ3) is 7.44. The number of benzene rings is 1. The van der Waals surface area contributed by atoms with Crippen LogP contribution in [0.4, 0.5) is 4.79 Å². The molecule has 142 valence electrons. The second-order valence-corrected chi connectivity index (χ2v) is 8.83. The van der Waals surface area contributed by atoms with Crippen LogP contribution < -0.4 is 0 Å². The molecule has 0 aliphatic heterocycles. The van der Waals surface area contributed by atoms with E-state index in [2.05, 4.69) is 0 Å². The van der Waals surface area contributed by atoms with Gasteiger partial charge < -0.3 is 9.64 Å². The van der Waals surface area contributed by atoms with Crippen molar-refractivity contribution in [3.63, 3.8) is 0 Å². The molecule has 1 amide bonds. The largest absolute Gasteiger partial charge is 0.444 e. The Labute approximate surface area is 151 Å². The van der Waals surface area contributed by atoms with Gasteiger partial charge in [0.05, 0.1) is 11.5 Å². The summed E-state index contributed by atoms with van der Waals surface area (Å²) >= 11 is 0. The van der Waals surface area contributed by atoms with Gasteiger partial charge in [-0.15, -0.1) is 0 Å². The lowest BCUT2D eigenvalue weighted by atomic mass is 10.2. The lowest BCUT2D eigenvalue weighted by Crippen LogP contribution is -2.41. The van der Waals surface area contributed by atoms with Gasteiger partial charge >= 0.3 is 6.09 Å². The SMILES string of the molecule is Cc1ccc(S(=O)(=O)OCCCN(C(=O)OC(C)(C)C)C(C)C)cc1. The Bertz CT molecular complexity index is 660. The average molecular weight is 371 g/mol. The first-order valence-electron chi connectivity index (χ1n) is 8.38. The standard InChI is InChI=1S/C18H29NO5S/c1-14(2)19(17(20)24-18(4,5)6)12-7-13-23-25(21,22)16-10-8-15(3)9-11-16/h8-11,14H,7,12-13H2,1-6H3. The summed E-state index contributed by atoms with van der Waals surface area (Å²) in [6, 6.07) is 6.43. The molecule has 0 aliphatic rings. The van der Waals surface area contributed by atoms with Crippen molar-refractivity contribution in [2.24, 2.45) is 0 Å². The highest BCUT2D eigenvalue weighted by Crippen LogP contribution is 2.15. The fourth-order valence-corrected chi connectivity index (χ4v) is 3.00. The molecule has 0 radical (unpaired) electrons. The molecule has 0 aromatic heterocycles. The minimum atomic E-state index is -3.78. The van der Waals surface area contributed by atoms with Crippen molar-refractivity contribution in [1.82, 2.24) is 4.90 Å². The Morgan fingerprint density at radius 1 is 1.16 bits per heavy atom. The van der Waals surface area contributed by atoms with Gasteiger partial charge in [-0.25, -0.2) is 4.79 Å². The zero-order chi connectivity index (χ0) is 19.3. The molecule has 0 atom stereocenters. The van der Waals surface area contributed by atoms with E-state index in [1.807, 2.05) is 20.8 Å². The van der Waals surface area contributed by atoms with Crippen LogP contribution in [0.5, 0.6) is 0 Å². The van der Waals surface area contributed by atoms with E-state index in [-0.39, 0.29) is 17.5 Å². The maximum Gasteiger partial charge on any atom is 0.410 e. The van der Waals surface area contributed by atoms with Crippen molar-refractivity contribution in [1.29, 1.82) is 0 Å². The number of hydrogen-bond donors (Lipinski definition) is 0. The molecule has 6 nitrogen and oxygen atoms in total. The van der Waals surface area contributed by atoms with Crippen molar-refractivity contribution in [3.05, 3.63) is 29.8 Å². The monoisotopic (exact) mass is 371 g/mol. The Morgan fingerprint density at radius 3 is 2.20 bits per heavy atom. The molecule has 0 unspecified atom stereocenters. The summed E-state index contributed by atoms with van der Waals surface area (Å²) in [4.78, 5) is 13.9. The quantitative estimate of drug-likeness (QED) is 0.539. The zero-order valence-corrected chi connectivity index (χ0v) is 16.7. The first-order chi connectivity index (χ1) is 11.4. The fourth-order valence-electron chi connectivity index (χ4n) is 2.06. The van der Waals surface area contributed by atoms with Crippen LogP contribution in [0.2, 0.25) is 0 Å². The Kier molecular flexibility index (Phi) is 7.44. The van der Waals surface area contributed by atoms with Gasteiger partial charge in [0, 0.05) is 12.6 Å². The maximum absolute atomic E-state index is 12.2. The Balaban J connectivity index is 2.56. The van der Waals surface area contributed by atoms with E-state index in [0.717, 1.165) is 5.56 Å². The van der Waals surface area contributed by atoms with Gasteiger partial charge in [-0.1, -0.05) is 17.7 Å². The molecule has 25 heavy (non-hydrogen) atoms. The lowest BCUT2D eigenvalue weighted by molar-refractivity contribution is 0.0183. The third-order valence-corrected chi connectivity index (χ3v) is 4.67. The van der Waals surface area contributed by atoms with E-state index in [9.17, 15) is 13.2 Å². The van der Waals surface area contributed by atoms with Crippen LogP contribution >= 0.6 is 0 Å². The summed E-state index contributed by atoms with van der Waals surface area (Å²) in [5.74, 6) is 0. The topological polar surface area (TPSA) is 72.9 Å². The molecule has 0 saturated carbocycles. The third-order valence-electron chi connectivity index (χ3n) is 3.34. The van der Waals surface area contributed by atoms with Crippen LogP contribution in [0.15, 0.2) is 29.2 Å². The number of ether oxygens (including phenoxy) is 1. The molecule has 0 bridgehead atoms. The molecule has 0 saturated heterocycles. The summed E-state index contributed by atoms with van der Waals surface area (Å²) in [5.41, 5.74) is 0.402. The highest BCUT2D eigenvalue weighted by atomic mass is 32.2. The summed E-state index contributed by atoms with van der Waals surface area (Å²) < 4.78 is 34.7. The normalized spacial score (nSPS) is 12.3. The molecule has 0 fully saturated rings. The van der Waals surface area contributed by atoms with E-state index >= 15 is 0 Å². The van der Waals surface area contributed by atoms with E-state index in [1.165, 1.54) is 12.1 Å². The van der Waals surface area contributed by atoms with Crippen LogP contribution in [0.1, 0.15) is 46.6 Å². The lowest BCUT2D eigenvalue weighted by Gasteiger charge is -2.30. The van der Waals surface area contributed by atoms with Gasteiger partial charge in [0.15, 0.2) is 0 Å². The highest BCUT2D eigenvalue weighted by Gasteiger charge is 2.24. The predicted octanol–water partition coefficient (Wildman–Crippen LogP) is 3.74. The van der Waals surface area contributed by atoms with Crippen LogP contribution in [-0.4, -0.2) is 44.2 Å². The van der Waals surface area contributed by atoms with Crippen LogP contribution in [0.25, 0.3) is 0 Å². The van der Waals surface area contributed by atoms with Crippen LogP contribution in [0.3, 0.4) is 0 Å². The minimum absolute atomic E-state index is 0.00221. The summed E-state index contributed by atoms with van der Waals surface area (Å²) in [6.07, 6.45) is -0.0217. The van der Waals surface area contributed by atoms with Gasteiger partial charge in [0.2, 0.25) is 0 Å². The number of amides is 1. The first kappa shape index (κ1) is 21.4. The molecule has 1 aromatic carbocycles. The number of carbonyl (C=O) groups is 1. The predicted molar refractivity (Wildman–Crippen MR) is 97.0 cm³/mol. The van der Waals surface area contributed by atoms with Gasteiger partial charge in [-0.05, 0) is 60.1 Å². The molecule has 0 spiro atoms. The Morgan fingerprint density at radius 2 is 1.72 bits per heavy atom. The summed E-state index contributed by atoms with van der Waals surface area (Å²) in [7, 11) is -3.78. The van der Waals surface area contributed by atoms with Crippen LogP contribution in [0, 0.1) is 6.92 Å².